The van der Waals surface area contributed by atoms with Crippen LogP contribution in [0.15, 0.2) is 0 Å². The van der Waals surface area contributed by atoms with Gasteiger partial charge in [0, 0.05) is 25.6 Å². The van der Waals surface area contributed by atoms with Gasteiger partial charge in [0.05, 0.1) is 6.07 Å². The molecule has 1 fully saturated rings. The molecule has 0 bridgehead atoms. The number of nitrogens with zero attached hydrogens (tertiary/aromatic N) is 2. The van der Waals surface area contributed by atoms with Crippen molar-refractivity contribution in [3.05, 3.63) is 0 Å². The maximum Gasteiger partial charge on any atom is 0.0635 e. The Labute approximate surface area is 80.0 Å². The quantitative estimate of drug-likeness (QED) is 0.709. The molecule has 1 aliphatic rings. The zero-order chi connectivity index (χ0) is 9.52. The van der Waals surface area contributed by atoms with Crippen LogP contribution in [0.25, 0.3) is 0 Å². The van der Waals surface area contributed by atoms with Gasteiger partial charge < -0.3 is 5.11 Å². The van der Waals surface area contributed by atoms with E-state index in [1.165, 1.54) is 19.3 Å². The van der Waals surface area contributed by atoms with Crippen LogP contribution in [0, 0.1) is 11.3 Å². The number of aliphatic hydroxyl groups is 1. The van der Waals surface area contributed by atoms with Crippen LogP contribution in [0.1, 0.15) is 32.1 Å². The molecule has 0 spiro atoms. The summed E-state index contributed by atoms with van der Waals surface area (Å²) in [7, 11) is 0. The van der Waals surface area contributed by atoms with Crippen molar-refractivity contribution in [2.45, 2.75) is 38.1 Å². The Balaban J connectivity index is 2.33. The first-order valence-electron chi connectivity index (χ1n) is 5.10. The molecule has 1 heterocycles. The van der Waals surface area contributed by atoms with Crippen molar-refractivity contribution in [1.82, 2.24) is 4.90 Å². The summed E-state index contributed by atoms with van der Waals surface area (Å²) >= 11 is 0. The van der Waals surface area contributed by atoms with E-state index in [-0.39, 0.29) is 6.61 Å². The molecule has 0 aromatic rings. The van der Waals surface area contributed by atoms with E-state index in [1.54, 1.807) is 0 Å². The fraction of sp³-hybridized carbons (Fsp3) is 0.900. The zero-order valence-corrected chi connectivity index (χ0v) is 8.08. The van der Waals surface area contributed by atoms with Crippen molar-refractivity contribution in [3.63, 3.8) is 0 Å². The first-order chi connectivity index (χ1) is 6.38. The lowest BCUT2D eigenvalue weighted by atomic mass is 9.99. The summed E-state index contributed by atoms with van der Waals surface area (Å²) in [4.78, 5) is 2.35. The van der Waals surface area contributed by atoms with Crippen molar-refractivity contribution in [1.29, 1.82) is 5.26 Å². The second-order valence-corrected chi connectivity index (χ2v) is 3.61. The molecule has 13 heavy (non-hydrogen) atoms. The minimum atomic E-state index is 0.272. The summed E-state index contributed by atoms with van der Waals surface area (Å²) in [6, 6.07) is 2.69. The van der Waals surface area contributed by atoms with Crippen LogP contribution in [0.2, 0.25) is 0 Å². The molecule has 3 nitrogen and oxygen atoms in total. The van der Waals surface area contributed by atoms with Gasteiger partial charge in [-0.05, 0) is 25.8 Å². The van der Waals surface area contributed by atoms with E-state index in [0.717, 1.165) is 19.5 Å². The van der Waals surface area contributed by atoms with E-state index in [2.05, 4.69) is 11.0 Å². The zero-order valence-electron chi connectivity index (χ0n) is 8.08. The van der Waals surface area contributed by atoms with Crippen LogP contribution in [-0.4, -0.2) is 35.7 Å². The SMILES string of the molecule is N#CCCN1CCCCC1CCO. The highest BCUT2D eigenvalue weighted by Crippen LogP contribution is 2.19. The van der Waals surface area contributed by atoms with Gasteiger partial charge in [-0.2, -0.15) is 5.26 Å². The molecule has 0 saturated carbocycles. The number of hydrogen-bond acceptors (Lipinski definition) is 3. The van der Waals surface area contributed by atoms with Crippen molar-refractivity contribution >= 4 is 0 Å². The average Bonchev–Trinajstić information content (AvgIpc) is 2.17. The van der Waals surface area contributed by atoms with Crippen LogP contribution in [0.3, 0.4) is 0 Å². The molecular weight excluding hydrogens is 164 g/mol. The molecule has 0 aromatic heterocycles. The summed E-state index contributed by atoms with van der Waals surface area (Å²) in [6.07, 6.45) is 5.18. The second kappa shape index (κ2) is 5.95. The fourth-order valence-corrected chi connectivity index (χ4v) is 2.02. The average molecular weight is 182 g/mol. The van der Waals surface area contributed by atoms with Gasteiger partial charge in [-0.3, -0.25) is 4.90 Å². The lowest BCUT2D eigenvalue weighted by Crippen LogP contribution is -2.40. The highest BCUT2D eigenvalue weighted by molar-refractivity contribution is 4.80. The topological polar surface area (TPSA) is 47.3 Å². The Kier molecular flexibility index (Phi) is 4.81. The van der Waals surface area contributed by atoms with Crippen molar-refractivity contribution in [2.24, 2.45) is 0 Å². The second-order valence-electron chi connectivity index (χ2n) is 3.61. The van der Waals surface area contributed by atoms with Crippen molar-refractivity contribution in [2.75, 3.05) is 19.7 Å². The van der Waals surface area contributed by atoms with E-state index >= 15 is 0 Å². The third-order valence-electron chi connectivity index (χ3n) is 2.72. The Bertz CT molecular complexity index is 174. The molecule has 74 valence electrons. The summed E-state index contributed by atoms with van der Waals surface area (Å²) < 4.78 is 0. The molecule has 1 saturated heterocycles. The number of rotatable bonds is 4. The molecular formula is C10H18N2O. The van der Waals surface area contributed by atoms with E-state index in [9.17, 15) is 0 Å². The molecule has 0 aliphatic carbocycles. The lowest BCUT2D eigenvalue weighted by molar-refractivity contribution is 0.122. The van der Waals surface area contributed by atoms with E-state index in [0.29, 0.717) is 12.5 Å². The third-order valence-corrected chi connectivity index (χ3v) is 2.72. The van der Waals surface area contributed by atoms with Gasteiger partial charge in [0.1, 0.15) is 0 Å². The van der Waals surface area contributed by atoms with E-state index in [4.69, 9.17) is 10.4 Å². The first-order valence-corrected chi connectivity index (χ1v) is 5.10. The Morgan fingerprint density at radius 2 is 2.31 bits per heavy atom. The Morgan fingerprint density at radius 1 is 1.46 bits per heavy atom. The van der Waals surface area contributed by atoms with Crippen LogP contribution in [0.4, 0.5) is 0 Å². The van der Waals surface area contributed by atoms with Gasteiger partial charge in [-0.1, -0.05) is 6.42 Å². The number of likely N-dealkylation sites (tertiary alicyclic amines) is 1. The largest absolute Gasteiger partial charge is 0.396 e. The molecule has 0 amide bonds. The molecule has 1 rings (SSSR count). The smallest absolute Gasteiger partial charge is 0.0635 e. The minimum Gasteiger partial charge on any atom is -0.396 e. The van der Waals surface area contributed by atoms with Gasteiger partial charge in [0.25, 0.3) is 0 Å². The number of piperidine rings is 1. The van der Waals surface area contributed by atoms with Gasteiger partial charge in [-0.25, -0.2) is 0 Å². The van der Waals surface area contributed by atoms with Crippen molar-refractivity contribution in [3.8, 4) is 6.07 Å². The molecule has 3 heteroatoms. The molecule has 0 aromatic carbocycles. The van der Waals surface area contributed by atoms with Gasteiger partial charge in [0.2, 0.25) is 0 Å². The van der Waals surface area contributed by atoms with Crippen LogP contribution in [-0.2, 0) is 0 Å². The third kappa shape index (κ3) is 3.33. The predicted molar refractivity (Wildman–Crippen MR) is 51.1 cm³/mol. The fourth-order valence-electron chi connectivity index (χ4n) is 2.02. The summed E-state index contributed by atoms with van der Waals surface area (Å²) in [5.74, 6) is 0. The number of hydrogen-bond donors (Lipinski definition) is 1. The Hall–Kier alpha value is -0.590. The summed E-state index contributed by atoms with van der Waals surface area (Å²) in [5.41, 5.74) is 0. The molecule has 1 unspecified atom stereocenters. The monoisotopic (exact) mass is 182 g/mol. The highest BCUT2D eigenvalue weighted by atomic mass is 16.3. The molecule has 1 N–H and O–H groups in total. The van der Waals surface area contributed by atoms with Gasteiger partial charge in [-0.15, -0.1) is 0 Å². The number of aliphatic hydroxyl groups excluding tert-OH is 1. The lowest BCUT2D eigenvalue weighted by Gasteiger charge is -2.34. The van der Waals surface area contributed by atoms with Crippen LogP contribution >= 0.6 is 0 Å². The Morgan fingerprint density at radius 3 is 3.00 bits per heavy atom. The summed E-state index contributed by atoms with van der Waals surface area (Å²) in [5, 5.41) is 17.4. The van der Waals surface area contributed by atoms with E-state index in [1.807, 2.05) is 0 Å². The van der Waals surface area contributed by atoms with Gasteiger partial charge >= 0.3 is 0 Å². The predicted octanol–water partition coefficient (Wildman–Crippen LogP) is 1.14. The van der Waals surface area contributed by atoms with E-state index < -0.39 is 0 Å². The van der Waals surface area contributed by atoms with Crippen molar-refractivity contribution < 1.29 is 5.11 Å². The molecule has 1 aliphatic heterocycles. The number of nitriles is 1. The normalized spacial score (nSPS) is 24.2. The first kappa shape index (κ1) is 10.5. The standard InChI is InChI=1S/C10H18N2O/c11-6-3-8-12-7-2-1-4-10(12)5-9-13/h10,13H,1-5,7-9H2. The molecule has 0 radical (unpaired) electrons. The maximum atomic E-state index is 8.87. The molecule has 1 atom stereocenters. The van der Waals surface area contributed by atoms with Crippen LogP contribution in [0.5, 0.6) is 0 Å². The summed E-state index contributed by atoms with van der Waals surface area (Å²) in [6.45, 7) is 2.25. The highest BCUT2D eigenvalue weighted by Gasteiger charge is 2.20. The van der Waals surface area contributed by atoms with Gasteiger partial charge in [0.15, 0.2) is 0 Å². The minimum absolute atomic E-state index is 0.272. The maximum absolute atomic E-state index is 8.87. The van der Waals surface area contributed by atoms with Crippen LogP contribution < -0.4 is 0 Å².